The highest BCUT2D eigenvalue weighted by atomic mass is 31.2. The van der Waals surface area contributed by atoms with Crippen LogP contribution in [0.4, 0.5) is 0 Å². The van der Waals surface area contributed by atoms with E-state index in [-0.39, 0.29) is 5.30 Å². The van der Waals surface area contributed by atoms with E-state index in [0.29, 0.717) is 5.56 Å². The van der Waals surface area contributed by atoms with Crippen LogP contribution in [0.15, 0.2) is 30.4 Å². The summed E-state index contributed by atoms with van der Waals surface area (Å²) < 4.78 is 11.5. The van der Waals surface area contributed by atoms with Crippen molar-refractivity contribution in [3.63, 3.8) is 0 Å². The van der Waals surface area contributed by atoms with Gasteiger partial charge in [0.15, 0.2) is 0 Å². The van der Waals surface area contributed by atoms with E-state index in [2.05, 4.69) is 0 Å². The molecule has 0 spiro atoms. The number of benzene rings is 1. The van der Waals surface area contributed by atoms with E-state index in [1.165, 1.54) is 6.07 Å². The van der Waals surface area contributed by atoms with Crippen molar-refractivity contribution in [1.82, 2.24) is 0 Å². The third kappa shape index (κ3) is 3.95. The first-order valence-corrected chi connectivity index (χ1v) is 7.64. The lowest BCUT2D eigenvalue weighted by molar-refractivity contribution is 0.387. The van der Waals surface area contributed by atoms with Crippen LogP contribution in [0.1, 0.15) is 37.8 Å². The molecule has 0 amide bonds. The Kier molecular flexibility index (Phi) is 5.54. The largest absolute Gasteiger partial charge is 0.356 e. The molecule has 0 radical (unpaired) electrons. The van der Waals surface area contributed by atoms with E-state index in [1.807, 2.05) is 38.1 Å². The monoisotopic (exact) mass is 266 g/mol. The van der Waals surface area contributed by atoms with Gasteiger partial charge in [0.25, 0.3) is 0 Å². The minimum Gasteiger partial charge on any atom is -0.321 e. The van der Waals surface area contributed by atoms with Crippen LogP contribution in [0.5, 0.6) is 0 Å². The lowest BCUT2D eigenvalue weighted by atomic mass is 10.1. The number of rotatable bonds is 5. The maximum atomic E-state index is 11.5. The summed E-state index contributed by atoms with van der Waals surface area (Å²) in [4.78, 5) is 18.7. The predicted molar refractivity (Wildman–Crippen MR) is 76.8 cm³/mol. The highest BCUT2D eigenvalue weighted by Gasteiger charge is 2.21. The van der Waals surface area contributed by atoms with Crippen LogP contribution in [0.2, 0.25) is 0 Å². The molecule has 18 heavy (non-hydrogen) atoms. The van der Waals surface area contributed by atoms with Crippen LogP contribution in [0.3, 0.4) is 0 Å². The van der Waals surface area contributed by atoms with Crippen molar-refractivity contribution in [2.45, 2.75) is 26.7 Å². The molecule has 0 atom stereocenters. The zero-order valence-electron chi connectivity index (χ0n) is 10.7. The molecule has 1 aromatic rings. The fraction of sp³-hybridized carbons (Fsp3) is 0.286. The van der Waals surface area contributed by atoms with Gasteiger partial charge in [-0.25, -0.2) is 0 Å². The van der Waals surface area contributed by atoms with Gasteiger partial charge >= 0.3 is 7.60 Å². The quantitative estimate of drug-likeness (QED) is 0.804. The van der Waals surface area contributed by atoms with Crippen LogP contribution < -0.4 is 5.30 Å². The van der Waals surface area contributed by atoms with Gasteiger partial charge in [-0.3, -0.25) is 4.57 Å². The Hall–Kier alpha value is -1.15. The van der Waals surface area contributed by atoms with Crippen LogP contribution >= 0.6 is 7.60 Å². The van der Waals surface area contributed by atoms with Crippen LogP contribution in [0.25, 0.3) is 12.2 Å². The Morgan fingerprint density at radius 2 is 1.72 bits per heavy atom. The molecule has 0 heterocycles. The van der Waals surface area contributed by atoms with Gasteiger partial charge in [0.2, 0.25) is 0 Å². The molecular formula is C14H19O3P. The lowest BCUT2D eigenvalue weighted by Crippen LogP contribution is -2.09. The van der Waals surface area contributed by atoms with E-state index in [4.69, 9.17) is 0 Å². The number of hydrogen-bond donors (Lipinski definition) is 2. The summed E-state index contributed by atoms with van der Waals surface area (Å²) in [7, 11) is -4.24. The maximum Gasteiger partial charge on any atom is 0.356 e. The summed E-state index contributed by atoms with van der Waals surface area (Å²) in [6, 6.07) is 5.02. The minimum atomic E-state index is -4.24. The van der Waals surface area contributed by atoms with Gasteiger partial charge in [-0.15, -0.1) is 0 Å². The Balaban J connectivity index is 3.39. The molecule has 4 heteroatoms. The second kappa shape index (κ2) is 6.69. The fourth-order valence-electron chi connectivity index (χ4n) is 1.63. The number of allylic oxidation sites excluding steroid dienone is 2. The van der Waals surface area contributed by atoms with E-state index in [0.717, 1.165) is 18.4 Å². The molecule has 98 valence electrons. The zero-order chi connectivity index (χ0) is 13.6. The van der Waals surface area contributed by atoms with Crippen molar-refractivity contribution in [3.8, 4) is 0 Å². The highest BCUT2D eigenvalue weighted by molar-refractivity contribution is 7.60. The summed E-state index contributed by atoms with van der Waals surface area (Å²) in [6.07, 6.45) is 9.27. The second-order valence-electron chi connectivity index (χ2n) is 3.95. The summed E-state index contributed by atoms with van der Waals surface area (Å²) >= 11 is 0. The fourth-order valence-corrected chi connectivity index (χ4v) is 2.43. The standard InChI is InChI=1S/C14H19O3P/c1-3-5-8-12-9-7-11-14(18(15,16)17)13(12)10-6-4-2/h5-11H,3-4H2,1-2H3,(H2,15,16,17). The van der Waals surface area contributed by atoms with Crippen LogP contribution in [-0.4, -0.2) is 9.79 Å². The molecule has 0 bridgehead atoms. The average Bonchev–Trinajstić information content (AvgIpc) is 2.32. The van der Waals surface area contributed by atoms with Crippen LogP contribution in [-0.2, 0) is 4.57 Å². The summed E-state index contributed by atoms with van der Waals surface area (Å²) in [5, 5.41) is 0.0884. The summed E-state index contributed by atoms with van der Waals surface area (Å²) in [6.45, 7) is 4.00. The van der Waals surface area contributed by atoms with Crippen molar-refractivity contribution in [3.05, 3.63) is 41.5 Å². The highest BCUT2D eigenvalue weighted by Crippen LogP contribution is 2.36. The van der Waals surface area contributed by atoms with Crippen molar-refractivity contribution in [1.29, 1.82) is 0 Å². The lowest BCUT2D eigenvalue weighted by Gasteiger charge is -2.11. The molecule has 0 saturated carbocycles. The SMILES string of the molecule is CCC=Cc1cccc(P(=O)(O)O)c1C=CCC. The number of hydrogen-bond acceptors (Lipinski definition) is 1. The first-order valence-electron chi connectivity index (χ1n) is 6.02. The minimum absolute atomic E-state index is 0.0884. The van der Waals surface area contributed by atoms with E-state index >= 15 is 0 Å². The molecule has 0 aliphatic rings. The van der Waals surface area contributed by atoms with Gasteiger partial charge in [-0.2, -0.15) is 0 Å². The normalized spacial score (nSPS) is 12.7. The Labute approximate surface area is 108 Å². The Morgan fingerprint density at radius 3 is 2.28 bits per heavy atom. The topological polar surface area (TPSA) is 57.5 Å². The van der Waals surface area contributed by atoms with Crippen molar-refractivity contribution >= 4 is 25.1 Å². The molecule has 2 N–H and O–H groups in total. The van der Waals surface area contributed by atoms with E-state index in [1.54, 1.807) is 12.1 Å². The Bertz CT molecular complexity index is 498. The molecule has 0 aliphatic carbocycles. The molecule has 1 aromatic carbocycles. The van der Waals surface area contributed by atoms with Gasteiger partial charge in [-0.1, -0.05) is 50.3 Å². The van der Waals surface area contributed by atoms with Crippen molar-refractivity contribution in [2.75, 3.05) is 0 Å². The van der Waals surface area contributed by atoms with E-state index < -0.39 is 7.60 Å². The molecule has 0 aliphatic heterocycles. The first-order chi connectivity index (χ1) is 8.50. The summed E-state index contributed by atoms with van der Waals surface area (Å²) in [5.41, 5.74) is 1.44. The van der Waals surface area contributed by atoms with Gasteiger partial charge in [0.1, 0.15) is 0 Å². The molecule has 3 nitrogen and oxygen atoms in total. The third-order valence-corrected chi connectivity index (χ3v) is 3.50. The van der Waals surface area contributed by atoms with Gasteiger partial charge in [0, 0.05) is 0 Å². The molecule has 0 unspecified atom stereocenters. The van der Waals surface area contributed by atoms with Gasteiger partial charge in [0.05, 0.1) is 5.30 Å². The Morgan fingerprint density at radius 1 is 1.11 bits per heavy atom. The average molecular weight is 266 g/mol. The first kappa shape index (κ1) is 14.9. The molecule has 1 rings (SSSR count). The second-order valence-corrected chi connectivity index (χ2v) is 5.52. The molecule has 0 saturated heterocycles. The third-order valence-electron chi connectivity index (χ3n) is 2.48. The van der Waals surface area contributed by atoms with E-state index in [9.17, 15) is 14.4 Å². The van der Waals surface area contributed by atoms with Gasteiger partial charge in [-0.05, 0) is 30.0 Å². The van der Waals surface area contributed by atoms with Crippen molar-refractivity contribution in [2.24, 2.45) is 0 Å². The molecule has 0 fully saturated rings. The maximum absolute atomic E-state index is 11.5. The van der Waals surface area contributed by atoms with Crippen molar-refractivity contribution < 1.29 is 14.4 Å². The predicted octanol–water partition coefficient (Wildman–Crippen LogP) is 3.34. The summed E-state index contributed by atoms with van der Waals surface area (Å²) in [5.74, 6) is 0. The molecule has 0 aromatic heterocycles. The zero-order valence-corrected chi connectivity index (χ0v) is 11.6. The molecular weight excluding hydrogens is 247 g/mol. The van der Waals surface area contributed by atoms with Crippen LogP contribution in [0, 0.1) is 0 Å². The van der Waals surface area contributed by atoms with Gasteiger partial charge < -0.3 is 9.79 Å². The smallest absolute Gasteiger partial charge is 0.321 e.